The fraction of sp³-hybridized carbons (Fsp3) is 0.471. The summed E-state index contributed by atoms with van der Waals surface area (Å²) in [5.41, 5.74) is 0.757. The molecule has 1 saturated heterocycles. The number of Topliss-reactive ketones (excluding diaryl/α,β-unsaturated/α-hetero) is 1. The van der Waals surface area contributed by atoms with Crippen LogP contribution in [0.25, 0.3) is 0 Å². The first kappa shape index (κ1) is 18.7. The summed E-state index contributed by atoms with van der Waals surface area (Å²) in [5.74, 6) is -1.52. The predicted molar refractivity (Wildman–Crippen MR) is 90.5 cm³/mol. The summed E-state index contributed by atoms with van der Waals surface area (Å²) in [6, 6.07) is 4.19. The van der Waals surface area contributed by atoms with E-state index in [0.717, 1.165) is 0 Å². The van der Waals surface area contributed by atoms with Gasteiger partial charge in [0.1, 0.15) is 5.82 Å². The number of ketones is 1. The molecule has 0 saturated carbocycles. The molecule has 1 aromatic rings. The molecule has 7 nitrogen and oxygen atoms in total. The van der Waals surface area contributed by atoms with Gasteiger partial charge >= 0.3 is 12.0 Å². The van der Waals surface area contributed by atoms with Crippen molar-refractivity contribution in [3.05, 3.63) is 29.6 Å². The van der Waals surface area contributed by atoms with Crippen LogP contribution in [0.15, 0.2) is 18.2 Å². The quantitative estimate of drug-likeness (QED) is 0.602. The van der Waals surface area contributed by atoms with Gasteiger partial charge in [-0.05, 0) is 31.5 Å². The summed E-state index contributed by atoms with van der Waals surface area (Å²) < 4.78 is 14.2. The Hall–Kier alpha value is -2.64. The highest BCUT2D eigenvalue weighted by molar-refractivity contribution is 5.94. The Labute approximate surface area is 145 Å². The van der Waals surface area contributed by atoms with Gasteiger partial charge in [-0.15, -0.1) is 0 Å². The van der Waals surface area contributed by atoms with Crippen molar-refractivity contribution < 1.29 is 23.9 Å². The summed E-state index contributed by atoms with van der Waals surface area (Å²) in [4.78, 5) is 37.2. The molecule has 0 unspecified atom stereocenters. The number of anilines is 1. The van der Waals surface area contributed by atoms with Crippen LogP contribution in [0.2, 0.25) is 0 Å². The second kappa shape index (κ2) is 8.46. The fourth-order valence-electron chi connectivity index (χ4n) is 2.68. The number of hydrogen-bond donors (Lipinski definition) is 2. The Bertz CT molecular complexity index is 657. The van der Waals surface area contributed by atoms with E-state index < -0.39 is 11.8 Å². The van der Waals surface area contributed by atoms with Crippen LogP contribution in [0.1, 0.15) is 30.1 Å². The summed E-state index contributed by atoms with van der Waals surface area (Å²) in [5, 5.41) is 11.2. The van der Waals surface area contributed by atoms with E-state index >= 15 is 0 Å². The lowest BCUT2D eigenvalue weighted by Crippen LogP contribution is -2.52. The van der Waals surface area contributed by atoms with Gasteiger partial charge in [-0.2, -0.15) is 0 Å². The van der Waals surface area contributed by atoms with Gasteiger partial charge in [0.15, 0.2) is 5.78 Å². The normalized spacial score (nSPS) is 14.3. The van der Waals surface area contributed by atoms with E-state index in [1.165, 1.54) is 13.0 Å². The van der Waals surface area contributed by atoms with Crippen molar-refractivity contribution in [2.75, 3.05) is 37.6 Å². The molecule has 1 fully saturated rings. The molecular formula is C17H22FN3O4. The smallest absolute Gasteiger partial charge is 0.317 e. The topological polar surface area (TPSA) is 90.0 Å². The average Bonchev–Trinajstić information content (AvgIpc) is 2.58. The van der Waals surface area contributed by atoms with Gasteiger partial charge in [-0.3, -0.25) is 9.59 Å². The zero-order valence-corrected chi connectivity index (χ0v) is 14.1. The van der Waals surface area contributed by atoms with Gasteiger partial charge in [0.25, 0.3) is 0 Å². The second-order valence-electron chi connectivity index (χ2n) is 5.93. The van der Waals surface area contributed by atoms with Crippen molar-refractivity contribution >= 4 is 23.5 Å². The Morgan fingerprint density at radius 1 is 1.20 bits per heavy atom. The number of carboxylic acid groups (broad SMARTS) is 1. The number of carbonyl (C=O) groups excluding carboxylic acids is 2. The van der Waals surface area contributed by atoms with Gasteiger partial charge in [0.2, 0.25) is 0 Å². The number of amides is 2. The number of halogens is 1. The van der Waals surface area contributed by atoms with E-state index in [-0.39, 0.29) is 18.2 Å². The van der Waals surface area contributed by atoms with E-state index in [1.54, 1.807) is 17.0 Å². The number of carbonyl (C=O) groups is 3. The molecule has 0 bridgehead atoms. The van der Waals surface area contributed by atoms with Crippen LogP contribution in [0.3, 0.4) is 0 Å². The molecule has 1 aromatic carbocycles. The number of hydrogen-bond acceptors (Lipinski definition) is 4. The molecule has 0 radical (unpaired) electrons. The standard InChI is InChI=1S/C17H22FN3O4/c1-12(22)13-4-5-15(14(18)11-13)20-7-9-21(10-8-20)17(25)19-6-2-3-16(23)24/h4-5,11H,2-3,6-10H2,1H3,(H,19,25)(H,23,24). The highest BCUT2D eigenvalue weighted by Gasteiger charge is 2.23. The second-order valence-corrected chi connectivity index (χ2v) is 5.93. The lowest BCUT2D eigenvalue weighted by molar-refractivity contribution is -0.137. The van der Waals surface area contributed by atoms with Gasteiger partial charge in [-0.1, -0.05) is 0 Å². The molecule has 25 heavy (non-hydrogen) atoms. The number of nitrogens with zero attached hydrogens (tertiary/aromatic N) is 2. The van der Waals surface area contributed by atoms with Crippen molar-refractivity contribution in [2.45, 2.75) is 19.8 Å². The van der Waals surface area contributed by atoms with Crippen LogP contribution in [0.4, 0.5) is 14.9 Å². The maximum Gasteiger partial charge on any atom is 0.317 e. The van der Waals surface area contributed by atoms with E-state index in [1.807, 2.05) is 4.90 Å². The van der Waals surface area contributed by atoms with Crippen molar-refractivity contribution in [3.63, 3.8) is 0 Å². The molecule has 2 rings (SSSR count). The molecule has 0 aromatic heterocycles. The number of carboxylic acids is 1. The number of benzene rings is 1. The van der Waals surface area contributed by atoms with Gasteiger partial charge in [0.05, 0.1) is 5.69 Å². The molecule has 2 N–H and O–H groups in total. The van der Waals surface area contributed by atoms with Gasteiger partial charge < -0.3 is 20.2 Å². The van der Waals surface area contributed by atoms with E-state index in [0.29, 0.717) is 50.4 Å². The monoisotopic (exact) mass is 351 g/mol. The van der Waals surface area contributed by atoms with E-state index in [2.05, 4.69) is 5.32 Å². The SMILES string of the molecule is CC(=O)c1ccc(N2CCN(C(=O)NCCCC(=O)O)CC2)c(F)c1. The molecule has 136 valence electrons. The van der Waals surface area contributed by atoms with Crippen LogP contribution >= 0.6 is 0 Å². The number of urea groups is 1. The lowest BCUT2D eigenvalue weighted by Gasteiger charge is -2.36. The molecule has 2 amide bonds. The minimum atomic E-state index is -0.888. The Balaban J connectivity index is 1.84. The van der Waals surface area contributed by atoms with Crippen LogP contribution < -0.4 is 10.2 Å². The number of aliphatic carboxylic acids is 1. The Morgan fingerprint density at radius 2 is 1.88 bits per heavy atom. The first-order chi connectivity index (χ1) is 11.9. The predicted octanol–water partition coefficient (Wildman–Crippen LogP) is 1.72. The summed E-state index contributed by atoms with van der Waals surface area (Å²) in [6.07, 6.45) is 0.401. The summed E-state index contributed by atoms with van der Waals surface area (Å²) >= 11 is 0. The maximum absolute atomic E-state index is 14.2. The first-order valence-electron chi connectivity index (χ1n) is 8.18. The number of nitrogens with one attached hydrogen (secondary N) is 1. The van der Waals surface area contributed by atoms with Crippen LogP contribution in [-0.4, -0.2) is 60.5 Å². The van der Waals surface area contributed by atoms with E-state index in [4.69, 9.17) is 5.11 Å². The zero-order chi connectivity index (χ0) is 18.4. The molecule has 8 heteroatoms. The van der Waals surface area contributed by atoms with Crippen molar-refractivity contribution in [3.8, 4) is 0 Å². The molecule has 1 aliphatic heterocycles. The third-order valence-electron chi connectivity index (χ3n) is 4.11. The molecular weight excluding hydrogens is 329 g/mol. The summed E-state index contributed by atoms with van der Waals surface area (Å²) in [7, 11) is 0. The molecule has 0 spiro atoms. The highest BCUT2D eigenvalue weighted by atomic mass is 19.1. The third-order valence-corrected chi connectivity index (χ3v) is 4.11. The van der Waals surface area contributed by atoms with Crippen LogP contribution in [0.5, 0.6) is 0 Å². The molecule has 0 aliphatic carbocycles. The molecule has 0 atom stereocenters. The fourth-order valence-corrected chi connectivity index (χ4v) is 2.68. The van der Waals surface area contributed by atoms with Crippen LogP contribution in [0, 0.1) is 5.82 Å². The molecule has 1 heterocycles. The maximum atomic E-state index is 14.2. The Morgan fingerprint density at radius 3 is 2.44 bits per heavy atom. The van der Waals surface area contributed by atoms with Crippen molar-refractivity contribution in [2.24, 2.45) is 0 Å². The minimum absolute atomic E-state index is 0.0175. The number of rotatable bonds is 6. The van der Waals surface area contributed by atoms with Gasteiger partial charge in [-0.25, -0.2) is 9.18 Å². The van der Waals surface area contributed by atoms with E-state index in [9.17, 15) is 18.8 Å². The van der Waals surface area contributed by atoms with Crippen molar-refractivity contribution in [1.29, 1.82) is 0 Å². The highest BCUT2D eigenvalue weighted by Crippen LogP contribution is 2.22. The molecule has 1 aliphatic rings. The number of piperazine rings is 1. The average molecular weight is 351 g/mol. The summed E-state index contributed by atoms with van der Waals surface area (Å²) in [6.45, 7) is 3.56. The zero-order valence-electron chi connectivity index (χ0n) is 14.1. The van der Waals surface area contributed by atoms with Gasteiger partial charge in [0, 0.05) is 44.7 Å². The first-order valence-corrected chi connectivity index (χ1v) is 8.18. The van der Waals surface area contributed by atoms with Crippen molar-refractivity contribution in [1.82, 2.24) is 10.2 Å². The third kappa shape index (κ3) is 5.17. The van der Waals surface area contributed by atoms with Crippen LogP contribution in [-0.2, 0) is 4.79 Å². The largest absolute Gasteiger partial charge is 0.481 e. The lowest BCUT2D eigenvalue weighted by atomic mass is 10.1. The minimum Gasteiger partial charge on any atom is -0.481 e. The Kier molecular flexibility index (Phi) is 6.32.